The molecule has 19 heavy (non-hydrogen) atoms. The predicted molar refractivity (Wildman–Crippen MR) is 76.9 cm³/mol. The molecule has 0 heterocycles. The van der Waals surface area contributed by atoms with E-state index in [2.05, 4.69) is 5.32 Å². The van der Waals surface area contributed by atoms with Gasteiger partial charge in [0.15, 0.2) is 0 Å². The summed E-state index contributed by atoms with van der Waals surface area (Å²) in [6, 6.07) is 4.80. The van der Waals surface area contributed by atoms with Crippen LogP contribution >= 0.6 is 12.4 Å². The van der Waals surface area contributed by atoms with Gasteiger partial charge in [-0.1, -0.05) is 12.5 Å². The van der Waals surface area contributed by atoms with Crippen LogP contribution in [0.5, 0.6) is 0 Å². The van der Waals surface area contributed by atoms with Crippen LogP contribution in [-0.4, -0.2) is 11.9 Å². The summed E-state index contributed by atoms with van der Waals surface area (Å²) in [5.41, 5.74) is 7.10. The number of benzene rings is 1. The molecule has 0 unspecified atom stereocenters. The smallest absolute Gasteiger partial charge is 0.224 e. The van der Waals surface area contributed by atoms with E-state index in [1.54, 1.807) is 12.1 Å². The Morgan fingerprint density at radius 3 is 2.84 bits per heavy atom. The predicted octanol–water partition coefficient (Wildman–Crippen LogP) is 3.01. The normalized spacial score (nSPS) is 21.8. The number of rotatable bonds is 3. The lowest BCUT2D eigenvalue weighted by molar-refractivity contribution is -0.117. The molecule has 1 aliphatic rings. The van der Waals surface area contributed by atoms with Crippen molar-refractivity contribution < 1.29 is 9.18 Å². The first-order valence-electron chi connectivity index (χ1n) is 6.38. The molecule has 0 bridgehead atoms. The third kappa shape index (κ3) is 4.18. The Balaban J connectivity index is 0.00000180. The fourth-order valence-corrected chi connectivity index (χ4v) is 2.49. The Hall–Kier alpha value is -1.13. The number of carbonyl (C=O) groups excluding carboxylic acids is 1. The minimum Gasteiger partial charge on any atom is -0.327 e. The van der Waals surface area contributed by atoms with Crippen LogP contribution in [0.1, 0.15) is 31.2 Å². The number of nitrogens with two attached hydrogens (primary N) is 1. The lowest BCUT2D eigenvalue weighted by Gasteiger charge is -2.15. The van der Waals surface area contributed by atoms with Gasteiger partial charge in [-0.3, -0.25) is 4.79 Å². The second-order valence-corrected chi connectivity index (χ2v) is 5.09. The number of carbonyl (C=O) groups is 1. The molecule has 5 heteroatoms. The molecule has 1 saturated carbocycles. The van der Waals surface area contributed by atoms with Gasteiger partial charge in [0.25, 0.3) is 0 Å². The first kappa shape index (κ1) is 15.9. The zero-order valence-electron chi connectivity index (χ0n) is 11.0. The van der Waals surface area contributed by atoms with Crippen LogP contribution in [0, 0.1) is 18.7 Å². The third-order valence-corrected chi connectivity index (χ3v) is 3.56. The minimum atomic E-state index is -0.398. The lowest BCUT2D eigenvalue weighted by atomic mass is 10.00. The average Bonchev–Trinajstić information content (AvgIpc) is 2.70. The van der Waals surface area contributed by atoms with Gasteiger partial charge in [-0.05, 0) is 43.4 Å². The minimum absolute atomic E-state index is 0. The maximum Gasteiger partial charge on any atom is 0.224 e. The SMILES string of the molecule is Cc1ccc(F)c(NC(=O)C[C@@H]2CCC[C@H]2N)c1.Cl. The molecule has 0 saturated heterocycles. The monoisotopic (exact) mass is 286 g/mol. The maximum absolute atomic E-state index is 13.5. The van der Waals surface area contributed by atoms with E-state index >= 15 is 0 Å². The fraction of sp³-hybridized carbons (Fsp3) is 0.500. The van der Waals surface area contributed by atoms with Crippen LogP contribution in [-0.2, 0) is 4.79 Å². The highest BCUT2D eigenvalue weighted by Crippen LogP contribution is 2.27. The van der Waals surface area contributed by atoms with Crippen molar-refractivity contribution in [2.24, 2.45) is 11.7 Å². The first-order valence-corrected chi connectivity index (χ1v) is 6.38. The summed E-state index contributed by atoms with van der Waals surface area (Å²) in [6.45, 7) is 1.86. The average molecular weight is 287 g/mol. The summed E-state index contributed by atoms with van der Waals surface area (Å²) in [4.78, 5) is 11.8. The number of aryl methyl sites for hydroxylation is 1. The number of hydrogen-bond donors (Lipinski definition) is 2. The summed E-state index contributed by atoms with van der Waals surface area (Å²) < 4.78 is 13.5. The second-order valence-electron chi connectivity index (χ2n) is 5.09. The Morgan fingerprint density at radius 2 is 2.21 bits per heavy atom. The van der Waals surface area contributed by atoms with Crippen LogP contribution in [0.4, 0.5) is 10.1 Å². The van der Waals surface area contributed by atoms with E-state index in [1.165, 1.54) is 6.07 Å². The van der Waals surface area contributed by atoms with E-state index in [-0.39, 0.29) is 36.0 Å². The lowest BCUT2D eigenvalue weighted by Crippen LogP contribution is -2.28. The maximum atomic E-state index is 13.5. The van der Waals surface area contributed by atoms with Crippen LogP contribution < -0.4 is 11.1 Å². The largest absolute Gasteiger partial charge is 0.327 e. The molecule has 0 aliphatic heterocycles. The molecular weight excluding hydrogens is 267 g/mol. The van der Waals surface area contributed by atoms with E-state index in [1.807, 2.05) is 6.92 Å². The summed E-state index contributed by atoms with van der Waals surface area (Å²) in [5.74, 6) is -0.315. The van der Waals surface area contributed by atoms with Crippen molar-refractivity contribution in [3.05, 3.63) is 29.6 Å². The van der Waals surface area contributed by atoms with E-state index in [9.17, 15) is 9.18 Å². The molecule has 2 atom stereocenters. The summed E-state index contributed by atoms with van der Waals surface area (Å²) in [7, 11) is 0. The van der Waals surface area contributed by atoms with Crippen LogP contribution in [0.15, 0.2) is 18.2 Å². The summed E-state index contributed by atoms with van der Waals surface area (Å²) >= 11 is 0. The quantitative estimate of drug-likeness (QED) is 0.897. The van der Waals surface area contributed by atoms with E-state index < -0.39 is 5.82 Å². The second kappa shape index (κ2) is 6.87. The molecule has 1 fully saturated rings. The summed E-state index contributed by atoms with van der Waals surface area (Å²) in [6.07, 6.45) is 3.44. The third-order valence-electron chi connectivity index (χ3n) is 3.56. The highest BCUT2D eigenvalue weighted by Gasteiger charge is 2.26. The van der Waals surface area contributed by atoms with Crippen molar-refractivity contribution in [3.63, 3.8) is 0 Å². The topological polar surface area (TPSA) is 55.1 Å². The molecule has 3 nitrogen and oxygen atoms in total. The standard InChI is InChI=1S/C14H19FN2O.ClH/c1-9-5-6-11(15)13(7-9)17-14(18)8-10-3-2-4-12(10)16;/h5-7,10,12H,2-4,8,16H2,1H3,(H,17,18);1H/t10-,12+;/m0./s1. The van der Waals surface area contributed by atoms with Crippen LogP contribution in [0.25, 0.3) is 0 Å². The molecule has 2 rings (SSSR count). The van der Waals surface area contributed by atoms with Gasteiger partial charge in [0.1, 0.15) is 5.82 Å². The van der Waals surface area contributed by atoms with Gasteiger partial charge < -0.3 is 11.1 Å². The van der Waals surface area contributed by atoms with Crippen LogP contribution in [0.3, 0.4) is 0 Å². The van der Waals surface area contributed by atoms with Crippen molar-refractivity contribution in [2.75, 3.05) is 5.32 Å². The molecule has 1 amide bonds. The van der Waals surface area contributed by atoms with E-state index in [4.69, 9.17) is 5.73 Å². The molecular formula is C14H20ClFN2O. The number of amides is 1. The van der Waals surface area contributed by atoms with E-state index in [0.29, 0.717) is 6.42 Å². The Labute approximate surface area is 119 Å². The van der Waals surface area contributed by atoms with Gasteiger partial charge in [0.2, 0.25) is 5.91 Å². The van der Waals surface area contributed by atoms with Gasteiger partial charge >= 0.3 is 0 Å². The van der Waals surface area contributed by atoms with Crippen molar-refractivity contribution in [3.8, 4) is 0 Å². The van der Waals surface area contributed by atoms with Crippen molar-refractivity contribution in [2.45, 2.75) is 38.6 Å². The van der Waals surface area contributed by atoms with Gasteiger partial charge in [0, 0.05) is 12.5 Å². The van der Waals surface area contributed by atoms with Gasteiger partial charge in [-0.25, -0.2) is 4.39 Å². The Bertz CT molecular complexity index is 453. The summed E-state index contributed by atoms with van der Waals surface area (Å²) in [5, 5.41) is 2.63. The molecule has 0 radical (unpaired) electrons. The number of anilines is 1. The molecule has 1 aromatic rings. The first-order chi connectivity index (χ1) is 8.56. The van der Waals surface area contributed by atoms with Crippen molar-refractivity contribution >= 4 is 24.0 Å². The number of hydrogen-bond acceptors (Lipinski definition) is 2. The van der Waals surface area contributed by atoms with Gasteiger partial charge in [-0.2, -0.15) is 0 Å². The van der Waals surface area contributed by atoms with E-state index in [0.717, 1.165) is 24.8 Å². The highest BCUT2D eigenvalue weighted by atomic mass is 35.5. The number of halogens is 2. The van der Waals surface area contributed by atoms with Gasteiger partial charge in [-0.15, -0.1) is 12.4 Å². The van der Waals surface area contributed by atoms with Crippen LogP contribution in [0.2, 0.25) is 0 Å². The fourth-order valence-electron chi connectivity index (χ4n) is 2.49. The highest BCUT2D eigenvalue weighted by molar-refractivity contribution is 5.91. The van der Waals surface area contributed by atoms with Gasteiger partial charge in [0.05, 0.1) is 5.69 Å². The van der Waals surface area contributed by atoms with Crippen molar-refractivity contribution in [1.82, 2.24) is 0 Å². The zero-order valence-corrected chi connectivity index (χ0v) is 11.8. The molecule has 0 aromatic heterocycles. The Morgan fingerprint density at radius 1 is 1.47 bits per heavy atom. The molecule has 1 aromatic carbocycles. The molecule has 0 spiro atoms. The number of nitrogens with one attached hydrogen (secondary N) is 1. The molecule has 1 aliphatic carbocycles. The zero-order chi connectivity index (χ0) is 13.1. The molecule has 3 N–H and O–H groups in total. The van der Waals surface area contributed by atoms with Crippen molar-refractivity contribution in [1.29, 1.82) is 0 Å². The Kier molecular flexibility index (Phi) is 5.76. The molecule has 106 valence electrons.